The van der Waals surface area contributed by atoms with Crippen molar-refractivity contribution in [3.8, 4) is 0 Å². The fraction of sp³-hybridized carbons (Fsp3) is 0.158. The Kier molecular flexibility index (Phi) is 6.44. The van der Waals surface area contributed by atoms with Crippen LogP contribution >= 0.6 is 0 Å². The van der Waals surface area contributed by atoms with Crippen LogP contribution in [0.3, 0.4) is 0 Å². The molecule has 3 nitrogen and oxygen atoms in total. The van der Waals surface area contributed by atoms with Crippen molar-refractivity contribution in [2.75, 3.05) is 0 Å². The molecule has 0 amide bonds. The maximum atomic E-state index is 13.7. The third-order valence-electron chi connectivity index (χ3n) is 3.68. The number of hydrogen-bond acceptors (Lipinski definition) is 3. The predicted octanol–water partition coefficient (Wildman–Crippen LogP) is 5.08. The van der Waals surface area contributed by atoms with Crippen LogP contribution < -0.4 is 0 Å². The van der Waals surface area contributed by atoms with Crippen LogP contribution in [0.4, 0.5) is 22.0 Å². The molecule has 0 N–H and O–H groups in total. The van der Waals surface area contributed by atoms with Gasteiger partial charge in [0.25, 0.3) is 0 Å². The zero-order valence-corrected chi connectivity index (χ0v) is 14.2. The van der Waals surface area contributed by atoms with Crippen molar-refractivity contribution >= 4 is 11.7 Å². The Bertz CT molecular complexity index is 896. The van der Waals surface area contributed by atoms with Gasteiger partial charge in [0, 0.05) is 5.56 Å². The number of hydrogen-bond donors (Lipinski definition) is 0. The summed E-state index contributed by atoms with van der Waals surface area (Å²) in [6.07, 6.45) is 2.41. The molecule has 142 valence electrons. The fourth-order valence-corrected chi connectivity index (χ4v) is 2.37. The van der Waals surface area contributed by atoms with Crippen molar-refractivity contribution in [3.05, 3.63) is 82.7 Å². The van der Waals surface area contributed by atoms with E-state index in [9.17, 15) is 26.7 Å². The molecule has 0 unspecified atom stereocenters. The van der Waals surface area contributed by atoms with Crippen LogP contribution in [0.25, 0.3) is 0 Å². The van der Waals surface area contributed by atoms with Gasteiger partial charge in [-0.05, 0) is 18.4 Å². The number of rotatable bonds is 6. The maximum Gasteiger partial charge on any atom is 0.371 e. The van der Waals surface area contributed by atoms with Gasteiger partial charge in [-0.15, -0.1) is 6.58 Å². The molecule has 0 radical (unpaired) electrons. The molecule has 2 rings (SSSR count). The molecule has 0 aliphatic heterocycles. The van der Waals surface area contributed by atoms with Gasteiger partial charge >= 0.3 is 5.97 Å². The van der Waals surface area contributed by atoms with Gasteiger partial charge in [-0.25, -0.2) is 26.7 Å². The van der Waals surface area contributed by atoms with Crippen LogP contribution in [0.2, 0.25) is 0 Å². The van der Waals surface area contributed by atoms with Crippen LogP contribution in [0, 0.1) is 29.1 Å². The topological polar surface area (TPSA) is 38.7 Å². The van der Waals surface area contributed by atoms with E-state index in [4.69, 9.17) is 0 Å². The van der Waals surface area contributed by atoms with Crippen LogP contribution in [-0.2, 0) is 11.3 Å². The van der Waals surface area contributed by atoms with Crippen LogP contribution in [0.5, 0.6) is 0 Å². The summed E-state index contributed by atoms with van der Waals surface area (Å²) in [4.78, 5) is 16.4. The highest BCUT2D eigenvalue weighted by Gasteiger charge is 2.31. The molecule has 8 heteroatoms. The lowest BCUT2D eigenvalue weighted by Gasteiger charge is -2.10. The van der Waals surface area contributed by atoms with E-state index in [1.807, 2.05) is 0 Å². The smallest absolute Gasteiger partial charge is 0.312 e. The van der Waals surface area contributed by atoms with E-state index in [1.54, 1.807) is 37.3 Å². The number of nitrogens with zero attached hydrogens (tertiary/aromatic N) is 1. The van der Waals surface area contributed by atoms with Crippen LogP contribution in [0.1, 0.15) is 34.8 Å². The number of halogens is 5. The van der Waals surface area contributed by atoms with E-state index in [0.29, 0.717) is 12.0 Å². The van der Waals surface area contributed by atoms with Crippen molar-refractivity contribution in [1.29, 1.82) is 0 Å². The van der Waals surface area contributed by atoms with Gasteiger partial charge in [0.1, 0.15) is 5.56 Å². The van der Waals surface area contributed by atoms with Gasteiger partial charge in [-0.3, -0.25) is 0 Å². The predicted molar refractivity (Wildman–Crippen MR) is 88.8 cm³/mol. The van der Waals surface area contributed by atoms with Gasteiger partial charge in [-0.2, -0.15) is 0 Å². The molecular weight excluding hydrogens is 369 g/mol. The first-order chi connectivity index (χ1) is 12.8. The third-order valence-corrected chi connectivity index (χ3v) is 3.68. The Morgan fingerprint density at radius 2 is 1.59 bits per heavy atom. The first-order valence-corrected chi connectivity index (χ1v) is 7.82. The van der Waals surface area contributed by atoms with Crippen molar-refractivity contribution in [1.82, 2.24) is 0 Å². The molecule has 27 heavy (non-hydrogen) atoms. The zero-order chi connectivity index (χ0) is 20.1. The standard InChI is InChI=1S/C19H14F5NO2/c1-3-7-10-8-5-6-9-11(10)12(4-2)25-27-19(26)13-14(20)16(22)18(24)17(23)15(13)21/h3,5-6,8-9H,1,4,7H2,2H3/b25-12+. The van der Waals surface area contributed by atoms with E-state index in [2.05, 4.69) is 16.6 Å². The number of benzene rings is 2. The lowest BCUT2D eigenvalue weighted by atomic mass is 9.99. The van der Waals surface area contributed by atoms with E-state index < -0.39 is 40.6 Å². The van der Waals surface area contributed by atoms with Gasteiger partial charge in [-0.1, -0.05) is 42.4 Å². The first kappa shape index (κ1) is 20.3. The molecule has 0 fully saturated rings. The molecule has 0 aliphatic carbocycles. The Labute approximate surface area is 151 Å². The summed E-state index contributed by atoms with van der Waals surface area (Å²) in [5.74, 6) is -13.2. The highest BCUT2D eigenvalue weighted by molar-refractivity contribution is 6.02. The minimum Gasteiger partial charge on any atom is -0.312 e. The van der Waals surface area contributed by atoms with Crippen molar-refractivity contribution < 1.29 is 31.6 Å². The summed E-state index contributed by atoms with van der Waals surface area (Å²) in [6, 6.07) is 6.96. The summed E-state index contributed by atoms with van der Waals surface area (Å²) in [7, 11) is 0. The van der Waals surface area contributed by atoms with E-state index in [-0.39, 0.29) is 12.1 Å². The molecule has 0 atom stereocenters. The first-order valence-electron chi connectivity index (χ1n) is 7.82. The molecule has 2 aromatic carbocycles. The Balaban J connectivity index is 2.40. The average Bonchev–Trinajstić information content (AvgIpc) is 2.67. The fourth-order valence-electron chi connectivity index (χ4n) is 2.37. The minimum atomic E-state index is -2.36. The van der Waals surface area contributed by atoms with Gasteiger partial charge in [0.15, 0.2) is 23.3 Å². The number of carbonyl (C=O) groups excluding carboxylic acids is 1. The molecular formula is C19H14F5NO2. The molecule has 2 aromatic rings. The van der Waals surface area contributed by atoms with Crippen LogP contribution in [0.15, 0.2) is 42.1 Å². The van der Waals surface area contributed by atoms with E-state index >= 15 is 0 Å². The second-order valence-electron chi connectivity index (χ2n) is 5.37. The molecule has 0 aromatic heterocycles. The van der Waals surface area contributed by atoms with E-state index in [1.165, 1.54) is 0 Å². The summed E-state index contributed by atoms with van der Waals surface area (Å²) >= 11 is 0. The third kappa shape index (κ3) is 4.05. The largest absolute Gasteiger partial charge is 0.371 e. The minimum absolute atomic E-state index is 0.254. The molecule has 0 saturated heterocycles. The molecule has 0 spiro atoms. The Morgan fingerprint density at radius 1 is 1.04 bits per heavy atom. The quantitative estimate of drug-likeness (QED) is 0.133. The van der Waals surface area contributed by atoms with Crippen molar-refractivity contribution in [3.63, 3.8) is 0 Å². The summed E-state index contributed by atoms with van der Waals surface area (Å²) < 4.78 is 66.8. The monoisotopic (exact) mass is 383 g/mol. The maximum absolute atomic E-state index is 13.7. The summed E-state index contributed by atoms with van der Waals surface area (Å²) in [6.45, 7) is 5.32. The summed E-state index contributed by atoms with van der Waals surface area (Å²) in [5, 5.41) is 3.56. The number of oxime groups is 1. The van der Waals surface area contributed by atoms with E-state index in [0.717, 1.165) is 5.56 Å². The normalized spacial score (nSPS) is 11.4. The van der Waals surface area contributed by atoms with Gasteiger partial charge in [0.2, 0.25) is 5.82 Å². The molecule has 0 saturated carbocycles. The second-order valence-corrected chi connectivity index (χ2v) is 5.37. The number of allylic oxidation sites excluding steroid dienone is 1. The van der Waals surface area contributed by atoms with Crippen molar-refractivity contribution in [2.45, 2.75) is 19.8 Å². The van der Waals surface area contributed by atoms with Gasteiger partial charge in [0.05, 0.1) is 5.71 Å². The zero-order valence-electron chi connectivity index (χ0n) is 14.2. The second kappa shape index (κ2) is 8.57. The average molecular weight is 383 g/mol. The lowest BCUT2D eigenvalue weighted by molar-refractivity contribution is 0.0501. The molecule has 0 heterocycles. The number of carbonyl (C=O) groups is 1. The van der Waals surface area contributed by atoms with Crippen molar-refractivity contribution in [2.24, 2.45) is 5.16 Å². The van der Waals surface area contributed by atoms with Crippen LogP contribution in [-0.4, -0.2) is 11.7 Å². The highest BCUT2D eigenvalue weighted by atomic mass is 19.2. The van der Waals surface area contributed by atoms with Gasteiger partial charge < -0.3 is 4.84 Å². The molecule has 0 bridgehead atoms. The highest BCUT2D eigenvalue weighted by Crippen LogP contribution is 2.24. The Hall–Kier alpha value is -3.03. The SMILES string of the molecule is C=CCc1ccccc1/C(CC)=N/OC(=O)c1c(F)c(F)c(F)c(F)c1F. The Morgan fingerprint density at radius 3 is 2.15 bits per heavy atom. The molecule has 0 aliphatic rings. The summed E-state index contributed by atoms with van der Waals surface area (Å²) in [5.41, 5.74) is -0.0415. The lowest BCUT2D eigenvalue weighted by Crippen LogP contribution is -2.15.